The van der Waals surface area contributed by atoms with E-state index in [4.69, 9.17) is 9.98 Å². The van der Waals surface area contributed by atoms with Crippen LogP contribution in [-0.2, 0) is 28.1 Å². The SMILES string of the molecule is CC1(C)CCN2CCC(C)(C)c3c(O)c(C=NCC(Cc4ccc5ccccc5c4)N=Cc4cc5c6c(c4O)C(C)(C)CCN6CCC5(C)C)cc1c32. The molecule has 4 aliphatic rings. The van der Waals surface area contributed by atoms with E-state index in [1.807, 2.05) is 12.4 Å². The maximum atomic E-state index is 12.0. The second-order valence-corrected chi connectivity index (χ2v) is 19.0. The molecule has 0 bridgehead atoms. The van der Waals surface area contributed by atoms with E-state index in [9.17, 15) is 10.2 Å². The molecular formula is C47H58N4O2. The van der Waals surface area contributed by atoms with Crippen molar-refractivity contribution in [3.05, 3.63) is 93.5 Å². The van der Waals surface area contributed by atoms with E-state index in [-0.39, 0.29) is 27.7 Å². The first kappa shape index (κ1) is 35.7. The summed E-state index contributed by atoms with van der Waals surface area (Å²) >= 11 is 0. The predicted molar refractivity (Wildman–Crippen MR) is 223 cm³/mol. The minimum Gasteiger partial charge on any atom is -0.507 e. The number of fused-ring (bicyclic) bond motifs is 1. The fraction of sp³-hybridized carbons (Fsp3) is 0.489. The van der Waals surface area contributed by atoms with Gasteiger partial charge in [-0.15, -0.1) is 0 Å². The fourth-order valence-electron chi connectivity index (χ4n) is 9.64. The summed E-state index contributed by atoms with van der Waals surface area (Å²) < 4.78 is 0. The molecule has 4 aromatic rings. The molecule has 4 aliphatic heterocycles. The standard InChI is InChI=1S/C47H58N4O2/c1-44(2)15-19-50-21-17-46(5,6)38-40(50)36(44)25-33(42(38)52)27-48-29-35(24-30-13-14-31-11-9-10-12-32(31)23-30)49-28-34-26-37-41-39(43(34)53)47(7,8)18-22-51(41)20-16-45(37,3)4/h9-14,23,25-28,35,52-53H,15-22,24,29H2,1-8H3. The summed E-state index contributed by atoms with van der Waals surface area (Å²) in [4.78, 5) is 15.2. The first-order valence-electron chi connectivity index (χ1n) is 19.9. The van der Waals surface area contributed by atoms with Crippen LogP contribution in [0.1, 0.15) is 120 Å². The second-order valence-electron chi connectivity index (χ2n) is 19.0. The Morgan fingerprint density at radius 2 is 1.11 bits per heavy atom. The molecule has 1 unspecified atom stereocenters. The summed E-state index contributed by atoms with van der Waals surface area (Å²) in [5.41, 5.74) is 9.79. The molecule has 0 spiro atoms. The van der Waals surface area contributed by atoms with Crippen molar-refractivity contribution in [3.8, 4) is 11.5 Å². The van der Waals surface area contributed by atoms with Gasteiger partial charge in [-0.1, -0.05) is 97.9 Å². The van der Waals surface area contributed by atoms with Crippen molar-refractivity contribution < 1.29 is 10.2 Å². The average molecular weight is 711 g/mol. The van der Waals surface area contributed by atoms with Crippen LogP contribution in [0.2, 0.25) is 0 Å². The number of nitrogens with zero attached hydrogens (tertiary/aromatic N) is 4. The maximum absolute atomic E-state index is 12.0. The van der Waals surface area contributed by atoms with E-state index >= 15 is 0 Å². The molecule has 0 saturated carbocycles. The highest BCUT2D eigenvalue weighted by Crippen LogP contribution is 2.54. The predicted octanol–water partition coefficient (Wildman–Crippen LogP) is 9.74. The van der Waals surface area contributed by atoms with E-state index in [0.717, 1.165) is 74.1 Å². The molecule has 0 radical (unpaired) electrons. The molecule has 278 valence electrons. The lowest BCUT2D eigenvalue weighted by atomic mass is 9.69. The van der Waals surface area contributed by atoms with E-state index in [1.54, 1.807) is 0 Å². The Morgan fingerprint density at radius 3 is 1.66 bits per heavy atom. The maximum Gasteiger partial charge on any atom is 0.130 e. The summed E-state index contributed by atoms with van der Waals surface area (Å²) in [7, 11) is 0. The molecule has 1 atom stereocenters. The average Bonchev–Trinajstić information content (AvgIpc) is 3.10. The number of aromatic hydroxyl groups is 2. The first-order valence-corrected chi connectivity index (χ1v) is 19.9. The number of benzene rings is 4. The van der Waals surface area contributed by atoms with Crippen LogP contribution >= 0.6 is 0 Å². The number of hydrogen-bond acceptors (Lipinski definition) is 6. The third kappa shape index (κ3) is 6.20. The molecular weight excluding hydrogens is 653 g/mol. The third-order valence-electron chi connectivity index (χ3n) is 13.3. The summed E-state index contributed by atoms with van der Waals surface area (Å²) in [6.45, 7) is 23.0. The molecule has 4 heterocycles. The minimum atomic E-state index is -0.168. The van der Waals surface area contributed by atoms with E-state index in [0.29, 0.717) is 24.5 Å². The lowest BCUT2D eigenvalue weighted by Crippen LogP contribution is -2.44. The summed E-state index contributed by atoms with van der Waals surface area (Å²) in [5, 5.41) is 26.2. The van der Waals surface area contributed by atoms with Gasteiger partial charge in [-0.3, -0.25) is 9.98 Å². The van der Waals surface area contributed by atoms with Crippen LogP contribution in [0.25, 0.3) is 10.8 Å². The fourth-order valence-corrected chi connectivity index (χ4v) is 9.64. The van der Waals surface area contributed by atoms with E-state index < -0.39 is 0 Å². The molecule has 53 heavy (non-hydrogen) atoms. The van der Waals surface area contributed by atoms with Gasteiger partial charge in [0.25, 0.3) is 0 Å². The number of aliphatic imine (C=N–C) groups is 2. The van der Waals surface area contributed by atoms with Gasteiger partial charge >= 0.3 is 0 Å². The van der Waals surface area contributed by atoms with Crippen LogP contribution < -0.4 is 9.80 Å². The molecule has 0 fully saturated rings. The monoisotopic (exact) mass is 710 g/mol. The number of phenolic OH excluding ortho intramolecular Hbond substituents is 2. The molecule has 4 aromatic carbocycles. The van der Waals surface area contributed by atoms with Crippen molar-refractivity contribution in [2.75, 3.05) is 42.5 Å². The van der Waals surface area contributed by atoms with Crippen LogP contribution in [0, 0.1) is 0 Å². The van der Waals surface area contributed by atoms with Crippen molar-refractivity contribution in [3.63, 3.8) is 0 Å². The molecule has 0 aliphatic carbocycles. The highest BCUT2D eigenvalue weighted by atomic mass is 16.3. The zero-order valence-corrected chi connectivity index (χ0v) is 33.2. The minimum absolute atomic E-state index is 0.00938. The Labute approximate surface area is 316 Å². The molecule has 6 heteroatoms. The molecule has 8 rings (SSSR count). The first-order chi connectivity index (χ1) is 25.1. The van der Waals surface area contributed by atoms with Gasteiger partial charge in [0.1, 0.15) is 11.5 Å². The number of phenols is 2. The topological polar surface area (TPSA) is 71.7 Å². The molecule has 2 N–H and O–H groups in total. The highest BCUT2D eigenvalue weighted by Gasteiger charge is 2.43. The largest absolute Gasteiger partial charge is 0.507 e. The summed E-state index contributed by atoms with van der Waals surface area (Å²) in [5.74, 6) is 0.724. The van der Waals surface area contributed by atoms with Crippen molar-refractivity contribution >= 4 is 34.6 Å². The second kappa shape index (κ2) is 12.6. The van der Waals surface area contributed by atoms with Crippen LogP contribution in [-0.4, -0.2) is 61.4 Å². The lowest BCUT2D eigenvalue weighted by molar-refractivity contribution is 0.377. The van der Waals surface area contributed by atoms with Gasteiger partial charge in [0.2, 0.25) is 0 Å². The van der Waals surface area contributed by atoms with Crippen molar-refractivity contribution in [2.45, 2.75) is 115 Å². The normalized spacial score (nSPS) is 21.2. The number of anilines is 2. The van der Waals surface area contributed by atoms with Crippen LogP contribution in [0.5, 0.6) is 11.5 Å². The lowest BCUT2D eigenvalue weighted by Gasteiger charge is -2.48. The van der Waals surface area contributed by atoms with E-state index in [1.165, 1.54) is 38.8 Å². The third-order valence-corrected chi connectivity index (χ3v) is 13.3. The Kier molecular flexibility index (Phi) is 8.51. The molecule has 6 nitrogen and oxygen atoms in total. The van der Waals surface area contributed by atoms with Gasteiger partial charge in [-0.2, -0.15) is 0 Å². The smallest absolute Gasteiger partial charge is 0.130 e. The molecule has 0 saturated heterocycles. The van der Waals surface area contributed by atoms with Gasteiger partial charge < -0.3 is 20.0 Å². The Morgan fingerprint density at radius 1 is 0.623 bits per heavy atom. The van der Waals surface area contributed by atoms with E-state index in [2.05, 4.69) is 120 Å². The summed E-state index contributed by atoms with van der Waals surface area (Å²) in [6, 6.07) is 19.3. The van der Waals surface area contributed by atoms with Crippen LogP contribution in [0.15, 0.2) is 64.6 Å². The number of hydrogen-bond donors (Lipinski definition) is 2. The zero-order valence-electron chi connectivity index (χ0n) is 33.2. The van der Waals surface area contributed by atoms with Crippen LogP contribution in [0.3, 0.4) is 0 Å². The quantitative estimate of drug-likeness (QED) is 0.188. The molecule has 0 aromatic heterocycles. The molecule has 0 amide bonds. The highest BCUT2D eigenvalue weighted by molar-refractivity contribution is 5.90. The van der Waals surface area contributed by atoms with Gasteiger partial charge in [-0.05, 0) is 93.4 Å². The zero-order chi connectivity index (χ0) is 37.5. The Hall–Kier alpha value is -4.32. The van der Waals surface area contributed by atoms with Crippen LogP contribution in [0.4, 0.5) is 11.4 Å². The van der Waals surface area contributed by atoms with Gasteiger partial charge in [0.15, 0.2) is 0 Å². The van der Waals surface area contributed by atoms with Gasteiger partial charge in [0.05, 0.1) is 12.6 Å². The number of rotatable bonds is 7. The van der Waals surface area contributed by atoms with Crippen molar-refractivity contribution in [1.29, 1.82) is 0 Å². The summed E-state index contributed by atoms with van der Waals surface area (Å²) in [6.07, 6.45) is 8.70. The Balaban J connectivity index is 1.17. The van der Waals surface area contributed by atoms with Gasteiger partial charge in [0, 0.05) is 72.2 Å². The van der Waals surface area contributed by atoms with Crippen molar-refractivity contribution in [1.82, 2.24) is 0 Å². The Bertz CT molecular complexity index is 2150. The van der Waals surface area contributed by atoms with Crippen molar-refractivity contribution in [2.24, 2.45) is 9.98 Å². The van der Waals surface area contributed by atoms with Gasteiger partial charge in [-0.25, -0.2) is 0 Å².